The quantitative estimate of drug-likeness (QED) is 0.498. The molecule has 0 amide bonds. The Labute approximate surface area is 190 Å². The van der Waals surface area contributed by atoms with Gasteiger partial charge in [0.25, 0.3) is 5.56 Å². The molecule has 1 aliphatic rings. The van der Waals surface area contributed by atoms with Gasteiger partial charge in [-0.2, -0.15) is 0 Å². The number of unbranched alkanes of at least 4 members (excludes halogenated alkanes) is 1. The molecule has 0 radical (unpaired) electrons. The summed E-state index contributed by atoms with van der Waals surface area (Å²) in [5, 5.41) is 0. The summed E-state index contributed by atoms with van der Waals surface area (Å²) in [6.07, 6.45) is 4.43. The molecule has 1 N–H and O–H groups in total. The van der Waals surface area contributed by atoms with Gasteiger partial charge in [0, 0.05) is 13.1 Å². The lowest BCUT2D eigenvalue weighted by molar-refractivity contribution is -0.156. The van der Waals surface area contributed by atoms with E-state index in [4.69, 9.17) is 4.74 Å². The molecule has 1 fully saturated rings. The summed E-state index contributed by atoms with van der Waals surface area (Å²) < 4.78 is 22.7. The third kappa shape index (κ3) is 4.12. The van der Waals surface area contributed by atoms with Gasteiger partial charge >= 0.3 is 11.7 Å². The lowest BCUT2D eigenvalue weighted by atomic mass is 9.64. The monoisotopic (exact) mass is 456 g/mol. The Bertz CT molecular complexity index is 1290. The number of nitrogens with one attached hydrogen (secondary N) is 1. The molecule has 3 aromatic rings. The van der Waals surface area contributed by atoms with Crippen molar-refractivity contribution in [3.8, 4) is 0 Å². The first-order valence-corrected chi connectivity index (χ1v) is 11.6. The first-order valence-electron chi connectivity index (χ1n) is 11.6. The summed E-state index contributed by atoms with van der Waals surface area (Å²) in [7, 11) is 0. The van der Waals surface area contributed by atoms with E-state index in [1.54, 1.807) is 16.7 Å². The van der Waals surface area contributed by atoms with Gasteiger partial charge in [0.1, 0.15) is 18.2 Å². The Kier molecular flexibility index (Phi) is 6.49. The number of hydrogen-bond acceptors (Lipinski definition) is 5. The fraction of sp³-hybridized carbons (Fsp3) is 0.500. The standard InChI is InChI=1S/C24H29FN4O4/c1-3-5-13-29-20-19(21(30)27-23(29)32)28(12-4-2)18(26-20)15-33-22(31)24(10-7-11-24)16-8-6-9-17(25)14-16/h6,8-9,14H,3-5,7,10-13,15H2,1-2H3,(H,27,30,32). The van der Waals surface area contributed by atoms with Crippen molar-refractivity contribution in [2.24, 2.45) is 0 Å². The number of hydrogen-bond donors (Lipinski definition) is 1. The molecule has 0 atom stereocenters. The summed E-state index contributed by atoms with van der Waals surface area (Å²) in [5.74, 6) is -0.400. The van der Waals surface area contributed by atoms with Crippen molar-refractivity contribution in [3.05, 3.63) is 62.3 Å². The van der Waals surface area contributed by atoms with Crippen LogP contribution in [-0.2, 0) is 34.6 Å². The van der Waals surface area contributed by atoms with E-state index in [2.05, 4.69) is 9.97 Å². The number of nitrogens with zero attached hydrogens (tertiary/aromatic N) is 3. The number of rotatable bonds is 9. The fourth-order valence-electron chi connectivity index (χ4n) is 4.51. The van der Waals surface area contributed by atoms with Crippen molar-refractivity contribution < 1.29 is 13.9 Å². The summed E-state index contributed by atoms with van der Waals surface area (Å²) in [5.41, 5.74) is -0.626. The maximum atomic E-state index is 13.8. The van der Waals surface area contributed by atoms with Crippen LogP contribution in [0.15, 0.2) is 33.9 Å². The molecule has 33 heavy (non-hydrogen) atoms. The molecule has 4 rings (SSSR count). The van der Waals surface area contributed by atoms with Gasteiger partial charge in [0.05, 0.1) is 5.41 Å². The van der Waals surface area contributed by atoms with Crippen LogP contribution in [0.2, 0.25) is 0 Å². The molecule has 0 bridgehead atoms. The van der Waals surface area contributed by atoms with Crippen LogP contribution in [0, 0.1) is 5.82 Å². The Balaban J connectivity index is 1.67. The minimum Gasteiger partial charge on any atom is -0.457 e. The number of ether oxygens (including phenoxy) is 1. The highest BCUT2D eigenvalue weighted by atomic mass is 19.1. The van der Waals surface area contributed by atoms with Crippen molar-refractivity contribution in [3.63, 3.8) is 0 Å². The number of benzene rings is 1. The average molecular weight is 457 g/mol. The molecule has 0 saturated heterocycles. The molecule has 2 heterocycles. The third-order valence-corrected chi connectivity index (χ3v) is 6.45. The second kappa shape index (κ2) is 9.33. The molecule has 176 valence electrons. The maximum Gasteiger partial charge on any atom is 0.330 e. The first-order chi connectivity index (χ1) is 15.9. The van der Waals surface area contributed by atoms with E-state index in [1.165, 1.54) is 16.7 Å². The minimum atomic E-state index is -0.857. The van der Waals surface area contributed by atoms with Gasteiger partial charge in [-0.25, -0.2) is 14.2 Å². The lowest BCUT2D eigenvalue weighted by Crippen LogP contribution is -2.43. The second-order valence-electron chi connectivity index (χ2n) is 8.64. The van der Waals surface area contributed by atoms with Crippen molar-refractivity contribution >= 4 is 17.1 Å². The normalized spacial score (nSPS) is 14.9. The number of aromatic amines is 1. The molecule has 1 aliphatic carbocycles. The van der Waals surface area contributed by atoms with Crippen LogP contribution in [0.25, 0.3) is 11.2 Å². The van der Waals surface area contributed by atoms with E-state index in [0.717, 1.165) is 25.7 Å². The molecule has 9 heteroatoms. The van der Waals surface area contributed by atoms with E-state index >= 15 is 0 Å². The number of esters is 1. The third-order valence-electron chi connectivity index (χ3n) is 6.45. The molecule has 0 spiro atoms. The Hall–Kier alpha value is -3.23. The number of halogens is 1. The Morgan fingerprint density at radius 3 is 2.61 bits per heavy atom. The SMILES string of the molecule is CCCCn1c(=O)[nH]c(=O)c2c1nc(COC(=O)C1(c3cccc(F)c3)CCC1)n2CCC. The topological polar surface area (TPSA) is 99.0 Å². The molecule has 8 nitrogen and oxygen atoms in total. The van der Waals surface area contributed by atoms with Gasteiger partial charge in [0.15, 0.2) is 11.2 Å². The van der Waals surface area contributed by atoms with Crippen LogP contribution in [-0.4, -0.2) is 25.1 Å². The predicted molar refractivity (Wildman–Crippen MR) is 122 cm³/mol. The molecular formula is C24H29FN4O4. The van der Waals surface area contributed by atoms with Gasteiger partial charge in [-0.3, -0.25) is 19.1 Å². The number of fused-ring (bicyclic) bond motifs is 1. The van der Waals surface area contributed by atoms with E-state index < -0.39 is 22.6 Å². The van der Waals surface area contributed by atoms with Crippen LogP contribution in [0.3, 0.4) is 0 Å². The zero-order valence-corrected chi connectivity index (χ0v) is 19.0. The number of imidazole rings is 1. The molecule has 1 saturated carbocycles. The van der Waals surface area contributed by atoms with Crippen molar-refractivity contribution in [2.75, 3.05) is 0 Å². The van der Waals surface area contributed by atoms with Crippen LogP contribution < -0.4 is 11.2 Å². The van der Waals surface area contributed by atoms with Gasteiger partial charge < -0.3 is 9.30 Å². The molecule has 1 aromatic carbocycles. The van der Waals surface area contributed by atoms with Crippen molar-refractivity contribution in [1.29, 1.82) is 0 Å². The highest BCUT2D eigenvalue weighted by Crippen LogP contribution is 2.45. The predicted octanol–water partition coefficient (Wildman–Crippen LogP) is 3.40. The highest BCUT2D eigenvalue weighted by molar-refractivity contribution is 5.84. The van der Waals surface area contributed by atoms with Gasteiger partial charge in [-0.15, -0.1) is 0 Å². The molecule has 0 aliphatic heterocycles. The van der Waals surface area contributed by atoms with Crippen LogP contribution >= 0.6 is 0 Å². The summed E-state index contributed by atoms with van der Waals surface area (Å²) in [6, 6.07) is 6.09. The van der Waals surface area contributed by atoms with Crippen LogP contribution in [0.1, 0.15) is 63.8 Å². The van der Waals surface area contributed by atoms with E-state index in [1.807, 2.05) is 13.8 Å². The van der Waals surface area contributed by atoms with Crippen molar-refractivity contribution in [1.82, 2.24) is 19.1 Å². The number of aromatic nitrogens is 4. The zero-order valence-electron chi connectivity index (χ0n) is 19.0. The Morgan fingerprint density at radius 2 is 1.97 bits per heavy atom. The van der Waals surface area contributed by atoms with E-state index in [0.29, 0.717) is 48.5 Å². The smallest absolute Gasteiger partial charge is 0.330 e. The fourth-order valence-corrected chi connectivity index (χ4v) is 4.51. The zero-order chi connectivity index (χ0) is 23.6. The van der Waals surface area contributed by atoms with E-state index in [-0.39, 0.29) is 12.4 Å². The number of carbonyl (C=O) groups excluding carboxylic acids is 1. The lowest BCUT2D eigenvalue weighted by Gasteiger charge is -2.39. The minimum absolute atomic E-state index is 0.133. The largest absolute Gasteiger partial charge is 0.457 e. The first kappa shape index (κ1) is 22.9. The molecular weight excluding hydrogens is 427 g/mol. The molecule has 2 aromatic heterocycles. The number of H-pyrrole nitrogens is 1. The summed E-state index contributed by atoms with van der Waals surface area (Å²) in [6.45, 7) is 4.78. The highest BCUT2D eigenvalue weighted by Gasteiger charge is 2.47. The maximum absolute atomic E-state index is 13.8. The van der Waals surface area contributed by atoms with Gasteiger partial charge in [0.2, 0.25) is 0 Å². The van der Waals surface area contributed by atoms with Crippen LogP contribution in [0.4, 0.5) is 4.39 Å². The summed E-state index contributed by atoms with van der Waals surface area (Å²) >= 11 is 0. The Morgan fingerprint density at radius 1 is 1.18 bits per heavy atom. The van der Waals surface area contributed by atoms with Crippen LogP contribution in [0.5, 0.6) is 0 Å². The van der Waals surface area contributed by atoms with Crippen molar-refractivity contribution in [2.45, 2.75) is 77.5 Å². The number of carbonyl (C=O) groups is 1. The van der Waals surface area contributed by atoms with Gasteiger partial charge in [-0.1, -0.05) is 38.8 Å². The van der Waals surface area contributed by atoms with E-state index in [9.17, 15) is 18.8 Å². The average Bonchev–Trinajstić information content (AvgIpc) is 3.10. The summed E-state index contributed by atoms with van der Waals surface area (Å²) in [4.78, 5) is 45.1. The second-order valence-corrected chi connectivity index (χ2v) is 8.64. The number of aryl methyl sites for hydroxylation is 2. The van der Waals surface area contributed by atoms with Gasteiger partial charge in [-0.05, 0) is 43.4 Å². The molecule has 0 unspecified atom stereocenters.